The third-order valence-corrected chi connectivity index (χ3v) is 3.83. The van der Waals surface area contributed by atoms with Crippen LogP contribution in [-0.4, -0.2) is 20.2 Å². The van der Waals surface area contributed by atoms with Gasteiger partial charge in [0.25, 0.3) is 0 Å². The van der Waals surface area contributed by atoms with Gasteiger partial charge in [-0.05, 0) is 68.8 Å². The molecule has 1 heterocycles. The first-order chi connectivity index (χ1) is 8.22. The normalized spacial score (nSPS) is 20.3. The van der Waals surface area contributed by atoms with Crippen molar-refractivity contribution in [3.05, 3.63) is 28.8 Å². The first-order valence-corrected chi connectivity index (χ1v) is 6.56. The molecule has 17 heavy (non-hydrogen) atoms. The second-order valence-electron chi connectivity index (χ2n) is 5.12. The highest BCUT2D eigenvalue weighted by Crippen LogP contribution is 2.28. The van der Waals surface area contributed by atoms with Crippen molar-refractivity contribution in [1.82, 2.24) is 5.32 Å². The van der Waals surface area contributed by atoms with Crippen molar-refractivity contribution in [1.29, 1.82) is 0 Å². The molecule has 0 saturated carbocycles. The van der Waals surface area contributed by atoms with E-state index in [1.54, 1.807) is 7.11 Å². The monoisotopic (exact) mass is 233 g/mol. The van der Waals surface area contributed by atoms with Crippen molar-refractivity contribution >= 4 is 0 Å². The number of piperidine rings is 1. The summed E-state index contributed by atoms with van der Waals surface area (Å²) >= 11 is 0. The van der Waals surface area contributed by atoms with Crippen molar-refractivity contribution in [3.63, 3.8) is 0 Å². The van der Waals surface area contributed by atoms with Crippen LogP contribution in [0.3, 0.4) is 0 Å². The topological polar surface area (TPSA) is 21.3 Å². The summed E-state index contributed by atoms with van der Waals surface area (Å²) in [4.78, 5) is 0. The zero-order valence-electron chi connectivity index (χ0n) is 11.2. The molecule has 94 valence electrons. The molecule has 1 aromatic carbocycles. The highest BCUT2D eigenvalue weighted by molar-refractivity contribution is 5.45. The minimum Gasteiger partial charge on any atom is -0.496 e. The van der Waals surface area contributed by atoms with Gasteiger partial charge in [-0.3, -0.25) is 0 Å². The van der Waals surface area contributed by atoms with Crippen molar-refractivity contribution in [2.24, 2.45) is 5.92 Å². The van der Waals surface area contributed by atoms with E-state index in [0.717, 1.165) is 18.2 Å². The molecule has 1 N–H and O–H groups in total. The predicted molar refractivity (Wildman–Crippen MR) is 71.8 cm³/mol. The third kappa shape index (κ3) is 2.81. The highest BCUT2D eigenvalue weighted by atomic mass is 16.5. The molecule has 0 radical (unpaired) electrons. The second-order valence-corrected chi connectivity index (χ2v) is 5.12. The number of hydrogen-bond acceptors (Lipinski definition) is 2. The van der Waals surface area contributed by atoms with Crippen LogP contribution in [0.15, 0.2) is 12.1 Å². The number of aryl methyl sites for hydroxylation is 1. The summed E-state index contributed by atoms with van der Waals surface area (Å²) in [6, 6.07) is 4.44. The first kappa shape index (κ1) is 12.4. The van der Waals surface area contributed by atoms with Crippen LogP contribution >= 0.6 is 0 Å². The van der Waals surface area contributed by atoms with Gasteiger partial charge in [-0.1, -0.05) is 12.1 Å². The minimum absolute atomic E-state index is 0.787. The second kappa shape index (κ2) is 5.54. The first-order valence-electron chi connectivity index (χ1n) is 6.56. The van der Waals surface area contributed by atoms with Gasteiger partial charge in [0.1, 0.15) is 5.75 Å². The van der Waals surface area contributed by atoms with Crippen LogP contribution in [-0.2, 0) is 6.42 Å². The molecular weight excluding hydrogens is 210 g/mol. The van der Waals surface area contributed by atoms with E-state index in [2.05, 4.69) is 31.3 Å². The zero-order valence-corrected chi connectivity index (χ0v) is 11.2. The van der Waals surface area contributed by atoms with Crippen LogP contribution in [0.2, 0.25) is 0 Å². The van der Waals surface area contributed by atoms with Gasteiger partial charge in [-0.15, -0.1) is 0 Å². The average Bonchev–Trinajstić information content (AvgIpc) is 2.35. The lowest BCUT2D eigenvalue weighted by molar-refractivity contribution is 0.373. The van der Waals surface area contributed by atoms with Gasteiger partial charge in [0.05, 0.1) is 7.11 Å². The Kier molecular flexibility index (Phi) is 4.06. The molecule has 2 rings (SSSR count). The Bertz CT molecular complexity index is 381. The van der Waals surface area contributed by atoms with Crippen LogP contribution in [0.4, 0.5) is 0 Å². The Balaban J connectivity index is 2.15. The fraction of sp³-hybridized carbons (Fsp3) is 0.600. The van der Waals surface area contributed by atoms with E-state index in [9.17, 15) is 0 Å². The summed E-state index contributed by atoms with van der Waals surface area (Å²) < 4.78 is 5.49. The molecule has 0 aliphatic carbocycles. The Morgan fingerprint density at radius 2 is 2.18 bits per heavy atom. The summed E-state index contributed by atoms with van der Waals surface area (Å²) in [5.74, 6) is 1.85. The maximum atomic E-state index is 5.49. The van der Waals surface area contributed by atoms with Crippen LogP contribution in [0.1, 0.15) is 29.5 Å². The molecule has 1 fully saturated rings. The van der Waals surface area contributed by atoms with E-state index in [1.165, 1.54) is 42.5 Å². The molecule has 1 unspecified atom stereocenters. The standard InChI is InChI=1S/C15H23NO/c1-11-6-7-14(12(2)15(11)17-3)9-13-5-4-8-16-10-13/h6-7,13,16H,4-5,8-10H2,1-3H3. The number of ether oxygens (including phenoxy) is 1. The van der Waals surface area contributed by atoms with Crippen LogP contribution in [0.25, 0.3) is 0 Å². The van der Waals surface area contributed by atoms with Gasteiger partial charge >= 0.3 is 0 Å². The fourth-order valence-electron chi connectivity index (χ4n) is 2.81. The van der Waals surface area contributed by atoms with Crippen molar-refractivity contribution in [2.75, 3.05) is 20.2 Å². The maximum absolute atomic E-state index is 5.49. The lowest BCUT2D eigenvalue weighted by Gasteiger charge is -2.24. The van der Waals surface area contributed by atoms with Gasteiger partial charge < -0.3 is 10.1 Å². The summed E-state index contributed by atoms with van der Waals surface area (Å²) in [5, 5.41) is 3.48. The summed E-state index contributed by atoms with van der Waals surface area (Å²) in [6.45, 7) is 6.64. The molecule has 1 saturated heterocycles. The lowest BCUT2D eigenvalue weighted by Crippen LogP contribution is -2.31. The van der Waals surface area contributed by atoms with Gasteiger partial charge in [-0.2, -0.15) is 0 Å². The third-order valence-electron chi connectivity index (χ3n) is 3.83. The highest BCUT2D eigenvalue weighted by Gasteiger charge is 2.16. The predicted octanol–water partition coefficient (Wildman–Crippen LogP) is 2.85. The average molecular weight is 233 g/mol. The number of benzene rings is 1. The molecular formula is C15H23NO. The summed E-state index contributed by atoms with van der Waals surface area (Å²) in [5.41, 5.74) is 4.00. The van der Waals surface area contributed by atoms with E-state index >= 15 is 0 Å². The van der Waals surface area contributed by atoms with Crippen molar-refractivity contribution in [2.45, 2.75) is 33.1 Å². The summed E-state index contributed by atoms with van der Waals surface area (Å²) in [6.07, 6.45) is 3.84. The Hall–Kier alpha value is -1.02. The molecule has 0 aromatic heterocycles. The number of rotatable bonds is 3. The van der Waals surface area contributed by atoms with Gasteiger partial charge in [-0.25, -0.2) is 0 Å². The molecule has 1 aliphatic heterocycles. The van der Waals surface area contributed by atoms with Crippen LogP contribution in [0.5, 0.6) is 5.75 Å². The molecule has 2 nitrogen and oxygen atoms in total. The van der Waals surface area contributed by atoms with Gasteiger partial charge in [0, 0.05) is 0 Å². The quantitative estimate of drug-likeness (QED) is 0.867. The molecule has 1 aliphatic rings. The lowest BCUT2D eigenvalue weighted by atomic mass is 9.89. The van der Waals surface area contributed by atoms with E-state index < -0.39 is 0 Å². The molecule has 1 aromatic rings. The maximum Gasteiger partial charge on any atom is 0.124 e. The zero-order chi connectivity index (χ0) is 12.3. The molecule has 0 amide bonds. The fourth-order valence-corrected chi connectivity index (χ4v) is 2.81. The number of methoxy groups -OCH3 is 1. The number of hydrogen-bond donors (Lipinski definition) is 1. The van der Waals surface area contributed by atoms with Crippen LogP contribution < -0.4 is 10.1 Å². The van der Waals surface area contributed by atoms with Crippen molar-refractivity contribution < 1.29 is 4.74 Å². The van der Waals surface area contributed by atoms with E-state index in [4.69, 9.17) is 4.74 Å². The molecule has 1 atom stereocenters. The molecule has 0 spiro atoms. The minimum atomic E-state index is 0.787. The number of nitrogens with one attached hydrogen (secondary N) is 1. The molecule has 0 bridgehead atoms. The molecule has 2 heteroatoms. The van der Waals surface area contributed by atoms with E-state index in [0.29, 0.717) is 0 Å². The SMILES string of the molecule is COc1c(C)ccc(CC2CCCNC2)c1C. The Morgan fingerprint density at radius 1 is 1.35 bits per heavy atom. The van der Waals surface area contributed by atoms with E-state index in [-0.39, 0.29) is 0 Å². The van der Waals surface area contributed by atoms with Crippen molar-refractivity contribution in [3.8, 4) is 5.75 Å². The smallest absolute Gasteiger partial charge is 0.124 e. The van der Waals surface area contributed by atoms with Gasteiger partial charge in [0.2, 0.25) is 0 Å². The van der Waals surface area contributed by atoms with E-state index in [1.807, 2.05) is 0 Å². The van der Waals surface area contributed by atoms with Gasteiger partial charge in [0.15, 0.2) is 0 Å². The largest absolute Gasteiger partial charge is 0.496 e. The Morgan fingerprint density at radius 3 is 2.82 bits per heavy atom. The van der Waals surface area contributed by atoms with Crippen LogP contribution in [0, 0.1) is 19.8 Å². The summed E-state index contributed by atoms with van der Waals surface area (Å²) in [7, 11) is 1.77. The Labute approximate surface area is 104 Å².